The number of hydrogen-bond donors (Lipinski definition) is 0. The van der Waals surface area contributed by atoms with Crippen LogP contribution in [0.4, 0.5) is 4.79 Å². The third kappa shape index (κ3) is 7.40. The highest BCUT2D eigenvalue weighted by Crippen LogP contribution is 2.51. The molecule has 3 rings (SSSR count). The Kier molecular flexibility index (Phi) is 8.72. The van der Waals surface area contributed by atoms with Gasteiger partial charge in [0.2, 0.25) is 0 Å². The zero-order chi connectivity index (χ0) is 22.8. The fourth-order valence-corrected chi connectivity index (χ4v) is 5.91. The monoisotopic (exact) mass is 495 g/mol. The number of ether oxygens (including phenoxy) is 2. The largest absolute Gasteiger partial charge is 0.465 e. The molecule has 2 heterocycles. The van der Waals surface area contributed by atoms with E-state index in [-0.39, 0.29) is 13.2 Å². The first-order valence-electron chi connectivity index (χ1n) is 9.64. The van der Waals surface area contributed by atoms with Crippen molar-refractivity contribution >= 4 is 42.3 Å². The first kappa shape index (κ1) is 23.8. The van der Waals surface area contributed by atoms with E-state index in [0.717, 1.165) is 10.5 Å². The summed E-state index contributed by atoms with van der Waals surface area (Å²) in [5.74, 6) is -0.664. The standard InChI is InChI=1S/C21H22NO7PS2/c1-2-26-18(23)14-22(21(24)27-15-17-8-4-3-5-9-17)16-30(25,28-19-10-6-12-31-19)29-20-11-7-13-32-20/h3-13H,2,14-16H2,1H3. The first-order chi connectivity index (χ1) is 15.5. The van der Waals surface area contributed by atoms with Crippen LogP contribution in [0.25, 0.3) is 0 Å². The summed E-state index contributed by atoms with van der Waals surface area (Å²) >= 11 is 2.46. The molecule has 8 nitrogen and oxygen atoms in total. The second kappa shape index (κ2) is 11.7. The van der Waals surface area contributed by atoms with Gasteiger partial charge in [-0.3, -0.25) is 9.69 Å². The van der Waals surface area contributed by atoms with Gasteiger partial charge in [0.15, 0.2) is 10.1 Å². The molecule has 3 aromatic rings. The molecule has 1 aromatic carbocycles. The van der Waals surface area contributed by atoms with Crippen LogP contribution in [-0.2, 0) is 25.4 Å². The minimum absolute atomic E-state index is 0.0130. The number of carbonyl (C=O) groups is 2. The van der Waals surface area contributed by atoms with E-state index in [1.807, 2.05) is 18.2 Å². The second-order valence-electron chi connectivity index (χ2n) is 6.34. The molecule has 170 valence electrons. The number of esters is 1. The summed E-state index contributed by atoms with van der Waals surface area (Å²) in [4.78, 5) is 25.9. The van der Waals surface area contributed by atoms with E-state index in [0.29, 0.717) is 10.1 Å². The van der Waals surface area contributed by atoms with Gasteiger partial charge in [0.1, 0.15) is 19.4 Å². The molecule has 0 unspecified atom stereocenters. The molecule has 0 saturated heterocycles. The Labute approximate surface area is 193 Å². The van der Waals surface area contributed by atoms with Crippen LogP contribution in [0.15, 0.2) is 65.4 Å². The van der Waals surface area contributed by atoms with Crippen LogP contribution >= 0.6 is 30.3 Å². The van der Waals surface area contributed by atoms with Crippen molar-refractivity contribution in [3.63, 3.8) is 0 Å². The molecule has 32 heavy (non-hydrogen) atoms. The Hall–Kier alpha value is -2.81. The third-order valence-corrected chi connectivity index (χ3v) is 7.26. The van der Waals surface area contributed by atoms with Crippen LogP contribution in [0.3, 0.4) is 0 Å². The summed E-state index contributed by atoms with van der Waals surface area (Å²) in [6.45, 7) is 1.31. The van der Waals surface area contributed by atoms with Crippen LogP contribution < -0.4 is 9.05 Å². The van der Waals surface area contributed by atoms with Crippen molar-refractivity contribution < 1.29 is 32.7 Å². The fourth-order valence-electron chi connectivity index (χ4n) is 2.54. The van der Waals surface area contributed by atoms with Crippen LogP contribution in [0.5, 0.6) is 10.1 Å². The van der Waals surface area contributed by atoms with E-state index >= 15 is 0 Å². The summed E-state index contributed by atoms with van der Waals surface area (Å²) in [5.41, 5.74) is 0.768. The highest BCUT2D eigenvalue weighted by Gasteiger charge is 2.36. The highest BCUT2D eigenvalue weighted by molar-refractivity contribution is 7.55. The number of rotatable bonds is 11. The van der Waals surface area contributed by atoms with Crippen LogP contribution in [0.2, 0.25) is 0 Å². The van der Waals surface area contributed by atoms with Gasteiger partial charge < -0.3 is 18.5 Å². The first-order valence-corrected chi connectivity index (χ1v) is 13.1. The van der Waals surface area contributed by atoms with Crippen molar-refractivity contribution in [1.29, 1.82) is 0 Å². The predicted molar refractivity (Wildman–Crippen MR) is 122 cm³/mol. The molecule has 0 aliphatic rings. The molecule has 0 spiro atoms. The average molecular weight is 496 g/mol. The van der Waals surface area contributed by atoms with Crippen molar-refractivity contribution in [1.82, 2.24) is 4.90 Å². The molecule has 0 saturated carbocycles. The summed E-state index contributed by atoms with van der Waals surface area (Å²) < 4.78 is 35.3. The maximum absolute atomic E-state index is 13.6. The molecular weight excluding hydrogens is 473 g/mol. The van der Waals surface area contributed by atoms with Crippen molar-refractivity contribution in [2.24, 2.45) is 0 Å². The maximum Gasteiger partial charge on any atom is 0.451 e. The van der Waals surface area contributed by atoms with E-state index in [9.17, 15) is 14.2 Å². The minimum atomic E-state index is -3.94. The molecule has 0 aliphatic heterocycles. The molecule has 2 aromatic heterocycles. The lowest BCUT2D eigenvalue weighted by Crippen LogP contribution is -2.38. The zero-order valence-electron chi connectivity index (χ0n) is 17.2. The van der Waals surface area contributed by atoms with Crippen molar-refractivity contribution in [2.75, 3.05) is 19.4 Å². The van der Waals surface area contributed by atoms with Gasteiger partial charge in [-0.25, -0.2) is 9.36 Å². The Morgan fingerprint density at radius 1 is 0.906 bits per heavy atom. The van der Waals surface area contributed by atoms with Gasteiger partial charge in [0.05, 0.1) is 6.61 Å². The summed E-state index contributed by atoms with van der Waals surface area (Å²) in [5, 5.41) is 4.24. The molecular formula is C21H22NO7PS2. The van der Waals surface area contributed by atoms with Crippen molar-refractivity contribution in [2.45, 2.75) is 13.5 Å². The topological polar surface area (TPSA) is 91.4 Å². The predicted octanol–water partition coefficient (Wildman–Crippen LogP) is 5.62. The Balaban J connectivity index is 1.78. The van der Waals surface area contributed by atoms with Crippen molar-refractivity contribution in [3.8, 4) is 10.1 Å². The minimum Gasteiger partial charge on any atom is -0.465 e. The highest BCUT2D eigenvalue weighted by atomic mass is 32.1. The number of thiophene rings is 2. The molecule has 11 heteroatoms. The Bertz CT molecular complexity index is 986. The summed E-state index contributed by atoms with van der Waals surface area (Å²) in [7, 11) is -3.94. The number of benzene rings is 1. The van der Waals surface area contributed by atoms with Gasteiger partial charge >= 0.3 is 19.7 Å². The number of amides is 1. The van der Waals surface area contributed by atoms with E-state index in [1.165, 1.54) is 22.7 Å². The van der Waals surface area contributed by atoms with E-state index in [1.54, 1.807) is 54.1 Å². The van der Waals surface area contributed by atoms with Gasteiger partial charge in [-0.15, -0.1) is 22.7 Å². The van der Waals surface area contributed by atoms with Crippen LogP contribution in [0, 0.1) is 0 Å². The van der Waals surface area contributed by atoms with Gasteiger partial charge in [0, 0.05) is 0 Å². The molecule has 0 radical (unpaired) electrons. The third-order valence-electron chi connectivity index (χ3n) is 3.88. The molecule has 0 fully saturated rings. The summed E-state index contributed by atoms with van der Waals surface area (Å²) in [6, 6.07) is 15.8. The normalized spacial score (nSPS) is 10.9. The average Bonchev–Trinajstić information content (AvgIpc) is 3.46. The van der Waals surface area contributed by atoms with E-state index < -0.39 is 32.5 Å². The van der Waals surface area contributed by atoms with Gasteiger partial charge in [-0.2, -0.15) is 0 Å². The maximum atomic E-state index is 13.6. The second-order valence-corrected chi connectivity index (χ2v) is 10.0. The molecule has 0 bridgehead atoms. The molecule has 0 N–H and O–H groups in total. The van der Waals surface area contributed by atoms with Gasteiger partial charge in [-0.05, 0) is 47.5 Å². The molecule has 0 atom stereocenters. The van der Waals surface area contributed by atoms with E-state index in [4.69, 9.17) is 18.5 Å². The van der Waals surface area contributed by atoms with Gasteiger partial charge in [-0.1, -0.05) is 30.3 Å². The zero-order valence-corrected chi connectivity index (χ0v) is 19.8. The fraction of sp³-hybridized carbons (Fsp3) is 0.238. The smallest absolute Gasteiger partial charge is 0.451 e. The number of hydrogen-bond acceptors (Lipinski definition) is 9. The quantitative estimate of drug-likeness (QED) is 0.252. The molecule has 0 aliphatic carbocycles. The van der Waals surface area contributed by atoms with E-state index in [2.05, 4.69) is 0 Å². The number of carbonyl (C=O) groups excluding carboxylic acids is 2. The van der Waals surface area contributed by atoms with Crippen molar-refractivity contribution in [3.05, 3.63) is 70.9 Å². The SMILES string of the molecule is CCOC(=O)CN(CP(=O)(Oc1cccs1)Oc1cccs1)C(=O)OCc1ccccc1. The lowest BCUT2D eigenvalue weighted by atomic mass is 10.2. The van der Waals surface area contributed by atoms with Crippen LogP contribution in [-0.4, -0.2) is 36.4 Å². The molecule has 1 amide bonds. The Morgan fingerprint density at radius 3 is 2.06 bits per heavy atom. The van der Waals surface area contributed by atoms with Crippen LogP contribution in [0.1, 0.15) is 12.5 Å². The van der Waals surface area contributed by atoms with Gasteiger partial charge in [0.25, 0.3) is 0 Å². The summed E-state index contributed by atoms with van der Waals surface area (Å²) in [6.07, 6.45) is -1.35. The lowest BCUT2D eigenvalue weighted by molar-refractivity contribution is -0.143. The Morgan fingerprint density at radius 2 is 1.53 bits per heavy atom. The lowest BCUT2D eigenvalue weighted by Gasteiger charge is -2.25. The number of nitrogens with zero attached hydrogens (tertiary/aromatic N) is 1.